The molecule has 0 aromatic heterocycles. The van der Waals surface area contributed by atoms with Crippen molar-refractivity contribution in [3.63, 3.8) is 0 Å². The van der Waals surface area contributed by atoms with Gasteiger partial charge in [-0.2, -0.15) is 0 Å². The molecular weight excluding hydrogens is 374 g/mol. The molecule has 164 valence electrons. The van der Waals surface area contributed by atoms with Crippen molar-refractivity contribution >= 4 is 0 Å². The van der Waals surface area contributed by atoms with Crippen molar-refractivity contribution < 1.29 is 14.9 Å². The van der Waals surface area contributed by atoms with Gasteiger partial charge in [0.25, 0.3) is 0 Å². The van der Waals surface area contributed by atoms with Gasteiger partial charge in [-0.3, -0.25) is 4.90 Å². The van der Waals surface area contributed by atoms with E-state index in [4.69, 9.17) is 4.74 Å². The van der Waals surface area contributed by atoms with E-state index in [0.717, 1.165) is 0 Å². The Bertz CT molecular complexity index is 718. The highest BCUT2D eigenvalue weighted by molar-refractivity contribution is 5.32. The second kappa shape index (κ2) is 9.61. The number of aliphatic hydroxyl groups is 2. The molecule has 0 aliphatic carbocycles. The Morgan fingerprint density at radius 1 is 0.867 bits per heavy atom. The van der Waals surface area contributed by atoms with Gasteiger partial charge in [-0.05, 0) is 51.7 Å². The summed E-state index contributed by atoms with van der Waals surface area (Å²) in [5, 5.41) is 21.0. The largest absolute Gasteiger partial charge is 0.393 e. The van der Waals surface area contributed by atoms with Crippen LogP contribution in [0.1, 0.15) is 57.6 Å². The second-order valence-electron chi connectivity index (χ2n) is 9.86. The molecule has 1 saturated heterocycles. The number of aliphatic hydroxyl groups excluding tert-OH is 2. The van der Waals surface area contributed by atoms with Gasteiger partial charge in [-0.25, -0.2) is 0 Å². The molecule has 2 aromatic carbocycles. The van der Waals surface area contributed by atoms with Gasteiger partial charge in [-0.15, -0.1) is 0 Å². The topological polar surface area (TPSA) is 52.9 Å². The molecule has 1 aliphatic heterocycles. The summed E-state index contributed by atoms with van der Waals surface area (Å²) in [4.78, 5) is 2.33. The molecule has 0 bridgehead atoms. The molecule has 0 radical (unpaired) electrons. The number of likely N-dealkylation sites (tertiary alicyclic amines) is 1. The van der Waals surface area contributed by atoms with Crippen LogP contribution in [-0.4, -0.2) is 58.2 Å². The molecule has 0 amide bonds. The minimum absolute atomic E-state index is 0.137. The van der Waals surface area contributed by atoms with Crippen molar-refractivity contribution in [1.29, 1.82) is 0 Å². The SMILES string of the molecule is CC1(C)CC(O)CC(C)(C)N1C[C@@H](O)COCC(c1ccccc1)c1ccccc1. The summed E-state index contributed by atoms with van der Waals surface area (Å²) >= 11 is 0. The first-order valence-electron chi connectivity index (χ1n) is 11.0. The number of β-amino-alcohol motifs (C(OH)–C–C–N with tert-alkyl or cyclic N) is 1. The molecule has 1 heterocycles. The maximum Gasteiger partial charge on any atom is 0.0900 e. The third-order valence-corrected chi connectivity index (χ3v) is 6.32. The smallest absolute Gasteiger partial charge is 0.0900 e. The van der Waals surface area contributed by atoms with Crippen LogP contribution in [0.4, 0.5) is 0 Å². The Labute approximate surface area is 181 Å². The lowest BCUT2D eigenvalue weighted by atomic mass is 9.78. The predicted molar refractivity (Wildman–Crippen MR) is 122 cm³/mol. The van der Waals surface area contributed by atoms with Gasteiger partial charge in [0.05, 0.1) is 25.4 Å². The summed E-state index contributed by atoms with van der Waals surface area (Å²) in [5.41, 5.74) is 2.09. The van der Waals surface area contributed by atoms with Crippen LogP contribution in [0.15, 0.2) is 60.7 Å². The summed E-state index contributed by atoms with van der Waals surface area (Å²) < 4.78 is 6.04. The second-order valence-corrected chi connectivity index (χ2v) is 9.86. The van der Waals surface area contributed by atoms with Crippen LogP contribution in [0.5, 0.6) is 0 Å². The van der Waals surface area contributed by atoms with E-state index in [1.54, 1.807) is 0 Å². The first kappa shape index (κ1) is 23.0. The summed E-state index contributed by atoms with van der Waals surface area (Å²) in [6.07, 6.45) is 0.561. The van der Waals surface area contributed by atoms with E-state index < -0.39 is 6.10 Å². The fourth-order valence-corrected chi connectivity index (χ4v) is 5.10. The fraction of sp³-hybridized carbons (Fsp3) is 0.538. The third kappa shape index (κ3) is 5.70. The Kier molecular flexibility index (Phi) is 7.35. The van der Waals surface area contributed by atoms with E-state index in [2.05, 4.69) is 81.1 Å². The van der Waals surface area contributed by atoms with Crippen LogP contribution in [0.3, 0.4) is 0 Å². The minimum Gasteiger partial charge on any atom is -0.393 e. The summed E-state index contributed by atoms with van der Waals surface area (Å²) in [6, 6.07) is 20.8. The summed E-state index contributed by atoms with van der Waals surface area (Å²) in [6.45, 7) is 9.93. The van der Waals surface area contributed by atoms with Gasteiger partial charge in [0.1, 0.15) is 0 Å². The molecule has 2 N–H and O–H groups in total. The molecule has 30 heavy (non-hydrogen) atoms. The van der Waals surface area contributed by atoms with Crippen molar-refractivity contribution in [3.8, 4) is 0 Å². The van der Waals surface area contributed by atoms with Crippen LogP contribution >= 0.6 is 0 Å². The highest BCUT2D eigenvalue weighted by Gasteiger charge is 2.45. The van der Waals surface area contributed by atoms with E-state index in [1.165, 1.54) is 11.1 Å². The number of benzene rings is 2. The standard InChI is InChI=1S/C26H37NO3/c1-25(2)15-22(28)16-26(3,4)27(25)17-23(29)18-30-19-24(20-11-7-5-8-12-20)21-13-9-6-10-14-21/h5-14,22-24,28-29H,15-19H2,1-4H3/t23-/m1/s1. The van der Waals surface area contributed by atoms with Crippen molar-refractivity contribution in [1.82, 2.24) is 4.90 Å². The monoisotopic (exact) mass is 411 g/mol. The zero-order valence-corrected chi connectivity index (χ0v) is 18.8. The number of hydrogen-bond acceptors (Lipinski definition) is 4. The Morgan fingerprint density at radius 3 is 1.80 bits per heavy atom. The van der Waals surface area contributed by atoms with Gasteiger partial charge < -0.3 is 14.9 Å². The maximum absolute atomic E-state index is 10.8. The Balaban J connectivity index is 1.61. The van der Waals surface area contributed by atoms with E-state index >= 15 is 0 Å². The molecule has 1 atom stereocenters. The summed E-state index contributed by atoms with van der Waals surface area (Å²) in [5.74, 6) is 0.137. The number of piperidine rings is 1. The van der Waals surface area contributed by atoms with Crippen LogP contribution in [-0.2, 0) is 4.74 Å². The molecule has 0 spiro atoms. The highest BCUT2D eigenvalue weighted by Crippen LogP contribution is 2.38. The van der Waals surface area contributed by atoms with Crippen LogP contribution in [0.25, 0.3) is 0 Å². The third-order valence-electron chi connectivity index (χ3n) is 6.32. The van der Waals surface area contributed by atoms with Gasteiger partial charge >= 0.3 is 0 Å². The predicted octanol–water partition coefficient (Wildman–Crippen LogP) is 4.21. The van der Waals surface area contributed by atoms with Crippen molar-refractivity contribution in [2.45, 2.75) is 69.7 Å². The van der Waals surface area contributed by atoms with Gasteiger partial charge in [0.2, 0.25) is 0 Å². The number of hydrogen-bond donors (Lipinski definition) is 2. The highest BCUT2D eigenvalue weighted by atomic mass is 16.5. The molecule has 3 rings (SSSR count). The zero-order valence-electron chi connectivity index (χ0n) is 18.8. The minimum atomic E-state index is -0.578. The molecular formula is C26H37NO3. The molecule has 0 saturated carbocycles. The number of nitrogens with zero attached hydrogens (tertiary/aromatic N) is 1. The van der Waals surface area contributed by atoms with Crippen LogP contribution < -0.4 is 0 Å². The summed E-state index contributed by atoms with van der Waals surface area (Å²) in [7, 11) is 0. The van der Waals surface area contributed by atoms with E-state index in [-0.39, 0.29) is 23.1 Å². The fourth-order valence-electron chi connectivity index (χ4n) is 5.10. The van der Waals surface area contributed by atoms with Crippen LogP contribution in [0, 0.1) is 0 Å². The van der Waals surface area contributed by atoms with Crippen LogP contribution in [0.2, 0.25) is 0 Å². The zero-order chi connectivity index (χ0) is 21.8. The lowest BCUT2D eigenvalue weighted by Crippen LogP contribution is -2.63. The molecule has 4 heteroatoms. The van der Waals surface area contributed by atoms with Crippen molar-refractivity contribution in [3.05, 3.63) is 71.8 Å². The lowest BCUT2D eigenvalue weighted by molar-refractivity contribution is -0.105. The molecule has 4 nitrogen and oxygen atoms in total. The van der Waals surface area contributed by atoms with E-state index in [9.17, 15) is 10.2 Å². The average molecular weight is 412 g/mol. The molecule has 1 aliphatic rings. The molecule has 2 aromatic rings. The normalized spacial score (nSPS) is 20.4. The van der Waals surface area contributed by atoms with Gasteiger partial charge in [-0.1, -0.05) is 60.7 Å². The van der Waals surface area contributed by atoms with Gasteiger partial charge in [0.15, 0.2) is 0 Å². The lowest BCUT2D eigenvalue weighted by Gasteiger charge is -2.55. The van der Waals surface area contributed by atoms with Crippen molar-refractivity contribution in [2.75, 3.05) is 19.8 Å². The quantitative estimate of drug-likeness (QED) is 0.683. The van der Waals surface area contributed by atoms with E-state index in [0.29, 0.717) is 32.6 Å². The first-order chi connectivity index (χ1) is 14.2. The first-order valence-corrected chi connectivity index (χ1v) is 11.0. The Morgan fingerprint density at radius 2 is 1.33 bits per heavy atom. The van der Waals surface area contributed by atoms with Crippen molar-refractivity contribution in [2.24, 2.45) is 0 Å². The number of rotatable bonds is 8. The average Bonchev–Trinajstić information content (AvgIpc) is 2.68. The van der Waals surface area contributed by atoms with Gasteiger partial charge in [0, 0.05) is 23.5 Å². The number of ether oxygens (including phenoxy) is 1. The Hall–Kier alpha value is -1.72. The molecule has 0 unspecified atom stereocenters. The molecule has 1 fully saturated rings. The maximum atomic E-state index is 10.8. The van der Waals surface area contributed by atoms with E-state index in [1.807, 2.05) is 12.1 Å².